The molecule has 2 aromatic rings. The molecule has 1 atom stereocenters. The molecule has 140 valence electrons. The number of carbonyl (C=O) groups excluding carboxylic acids is 1. The highest BCUT2D eigenvalue weighted by Gasteiger charge is 2.29. The molecule has 5 nitrogen and oxygen atoms in total. The van der Waals surface area contributed by atoms with Gasteiger partial charge in [-0.15, -0.1) is 0 Å². The minimum absolute atomic E-state index is 0.0233. The fourth-order valence-corrected chi connectivity index (χ4v) is 3.44. The molecule has 0 bridgehead atoms. The lowest BCUT2D eigenvalue weighted by Crippen LogP contribution is -2.51. The average molecular weight is 354 g/mol. The molecule has 26 heavy (non-hydrogen) atoms. The van der Waals surface area contributed by atoms with Gasteiger partial charge in [-0.3, -0.25) is 4.79 Å². The Balaban J connectivity index is 1.66. The first kappa shape index (κ1) is 18.6. The van der Waals surface area contributed by atoms with Crippen LogP contribution >= 0.6 is 0 Å². The zero-order chi connectivity index (χ0) is 18.6. The zero-order valence-corrected chi connectivity index (χ0v) is 16.1. The molecule has 1 unspecified atom stereocenters. The molecular formula is C21H30N4O. The Kier molecular flexibility index (Phi) is 5.77. The molecule has 5 heteroatoms. The summed E-state index contributed by atoms with van der Waals surface area (Å²) in [5, 5.41) is 3.27. The maximum absolute atomic E-state index is 12.7. The van der Waals surface area contributed by atoms with Gasteiger partial charge < -0.3 is 14.8 Å². The molecule has 1 saturated heterocycles. The van der Waals surface area contributed by atoms with Crippen LogP contribution in [0.25, 0.3) is 11.4 Å². The van der Waals surface area contributed by atoms with Crippen molar-refractivity contribution in [1.29, 1.82) is 0 Å². The Hall–Kier alpha value is -2.14. The van der Waals surface area contributed by atoms with E-state index in [0.717, 1.165) is 31.0 Å². The minimum Gasteiger partial charge on any atom is -0.350 e. The number of carbonyl (C=O) groups is 1. The second-order valence-electron chi connectivity index (χ2n) is 8.24. The van der Waals surface area contributed by atoms with E-state index in [0.29, 0.717) is 0 Å². The highest BCUT2D eigenvalue weighted by atomic mass is 16.2. The first-order valence-corrected chi connectivity index (χ1v) is 9.52. The number of nitrogens with zero attached hydrogens (tertiary/aromatic N) is 3. The van der Waals surface area contributed by atoms with Crippen molar-refractivity contribution in [3.05, 3.63) is 42.7 Å². The van der Waals surface area contributed by atoms with Gasteiger partial charge in [0.15, 0.2) is 0 Å². The Bertz CT molecular complexity index is 711. The summed E-state index contributed by atoms with van der Waals surface area (Å²) >= 11 is 0. The van der Waals surface area contributed by atoms with E-state index in [9.17, 15) is 4.79 Å². The summed E-state index contributed by atoms with van der Waals surface area (Å²) in [6.45, 7) is 10.1. The third-order valence-corrected chi connectivity index (χ3v) is 5.08. The van der Waals surface area contributed by atoms with Crippen molar-refractivity contribution in [2.45, 2.75) is 46.2 Å². The molecule has 3 rings (SSSR count). The molecule has 1 amide bonds. The molecule has 0 saturated carbocycles. The van der Waals surface area contributed by atoms with Gasteiger partial charge in [-0.1, -0.05) is 51.1 Å². The number of amides is 1. The first-order valence-electron chi connectivity index (χ1n) is 9.52. The normalized spacial score (nSPS) is 16.6. The first-order chi connectivity index (χ1) is 12.4. The van der Waals surface area contributed by atoms with Crippen LogP contribution in [0.4, 0.5) is 0 Å². The van der Waals surface area contributed by atoms with E-state index in [-0.39, 0.29) is 23.9 Å². The number of likely N-dealkylation sites (tertiary alicyclic amines) is 1. The average Bonchev–Trinajstić information content (AvgIpc) is 3.26. The van der Waals surface area contributed by atoms with Crippen LogP contribution < -0.4 is 5.32 Å². The molecule has 1 aliphatic heterocycles. The lowest BCUT2D eigenvalue weighted by atomic mass is 9.86. The summed E-state index contributed by atoms with van der Waals surface area (Å²) in [4.78, 5) is 19.6. The van der Waals surface area contributed by atoms with Gasteiger partial charge in [-0.2, -0.15) is 0 Å². The van der Waals surface area contributed by atoms with E-state index < -0.39 is 0 Å². The van der Waals surface area contributed by atoms with Gasteiger partial charge in [0.25, 0.3) is 0 Å². The summed E-state index contributed by atoms with van der Waals surface area (Å²) in [7, 11) is 0. The van der Waals surface area contributed by atoms with Crippen LogP contribution in [-0.4, -0.2) is 46.0 Å². The highest BCUT2D eigenvalue weighted by molar-refractivity contribution is 5.77. The second kappa shape index (κ2) is 8.04. The van der Waals surface area contributed by atoms with Gasteiger partial charge in [-0.05, 0) is 31.3 Å². The predicted octanol–water partition coefficient (Wildman–Crippen LogP) is 3.18. The lowest BCUT2D eigenvalue weighted by Gasteiger charge is -2.34. The van der Waals surface area contributed by atoms with Crippen molar-refractivity contribution in [3.8, 4) is 11.4 Å². The van der Waals surface area contributed by atoms with Crippen LogP contribution in [0.1, 0.15) is 33.6 Å². The van der Waals surface area contributed by atoms with Crippen molar-refractivity contribution in [2.24, 2.45) is 5.41 Å². The monoisotopic (exact) mass is 354 g/mol. The van der Waals surface area contributed by atoms with Crippen molar-refractivity contribution < 1.29 is 4.79 Å². The third kappa shape index (κ3) is 4.73. The van der Waals surface area contributed by atoms with Gasteiger partial charge in [0.1, 0.15) is 12.4 Å². The van der Waals surface area contributed by atoms with Crippen LogP contribution in [-0.2, 0) is 11.3 Å². The topological polar surface area (TPSA) is 50.2 Å². The quantitative estimate of drug-likeness (QED) is 0.867. The maximum atomic E-state index is 12.7. The maximum Gasteiger partial charge on any atom is 0.240 e. The third-order valence-electron chi connectivity index (χ3n) is 5.08. The number of aromatic nitrogens is 2. The fourth-order valence-electron chi connectivity index (χ4n) is 3.44. The van der Waals surface area contributed by atoms with E-state index in [4.69, 9.17) is 0 Å². The van der Waals surface area contributed by atoms with Crippen LogP contribution in [0.2, 0.25) is 0 Å². The van der Waals surface area contributed by atoms with E-state index in [1.807, 2.05) is 41.1 Å². The van der Waals surface area contributed by atoms with E-state index >= 15 is 0 Å². The summed E-state index contributed by atoms with van der Waals surface area (Å²) in [6.07, 6.45) is 6.15. The summed E-state index contributed by atoms with van der Waals surface area (Å²) in [5.41, 5.74) is 1.05. The van der Waals surface area contributed by atoms with E-state index in [2.05, 4.69) is 36.0 Å². The fraction of sp³-hybridized carbons (Fsp3) is 0.524. The lowest BCUT2D eigenvalue weighted by molar-refractivity contribution is -0.123. The number of benzene rings is 1. The van der Waals surface area contributed by atoms with Crippen molar-refractivity contribution in [1.82, 2.24) is 19.8 Å². The molecule has 0 spiro atoms. The molecule has 1 aromatic heterocycles. The number of rotatable bonds is 6. The van der Waals surface area contributed by atoms with Crippen molar-refractivity contribution in [2.75, 3.05) is 19.6 Å². The van der Waals surface area contributed by atoms with E-state index in [1.54, 1.807) is 6.20 Å². The molecule has 0 radical (unpaired) electrons. The number of imidazole rings is 1. The Labute approximate surface area is 156 Å². The van der Waals surface area contributed by atoms with Gasteiger partial charge >= 0.3 is 0 Å². The van der Waals surface area contributed by atoms with Gasteiger partial charge in [0.2, 0.25) is 5.91 Å². The largest absolute Gasteiger partial charge is 0.350 e. The number of hydrogen-bond acceptors (Lipinski definition) is 3. The Morgan fingerprint density at radius 2 is 1.88 bits per heavy atom. The molecule has 1 aromatic carbocycles. The molecule has 1 fully saturated rings. The van der Waals surface area contributed by atoms with Gasteiger partial charge in [0, 0.05) is 30.5 Å². The zero-order valence-electron chi connectivity index (χ0n) is 16.1. The highest BCUT2D eigenvalue weighted by Crippen LogP contribution is 2.22. The molecule has 2 heterocycles. The minimum atomic E-state index is 0.0233. The molecule has 1 N–H and O–H groups in total. The van der Waals surface area contributed by atoms with Crippen molar-refractivity contribution >= 4 is 5.91 Å². The van der Waals surface area contributed by atoms with Crippen LogP contribution in [0.15, 0.2) is 42.7 Å². The smallest absolute Gasteiger partial charge is 0.240 e. The van der Waals surface area contributed by atoms with E-state index in [1.165, 1.54) is 12.8 Å². The van der Waals surface area contributed by atoms with Gasteiger partial charge in [0.05, 0.1) is 0 Å². The number of hydrogen-bond donors (Lipinski definition) is 1. The SMILES string of the molecule is CC(C)(C)C(CN1CCCC1)NC(=O)Cn1ccnc1-c1ccccc1. The second-order valence-corrected chi connectivity index (χ2v) is 8.24. The standard InChI is InChI=1S/C21H30N4O/c1-21(2,3)18(15-24-12-7-8-13-24)23-19(26)16-25-14-11-22-20(25)17-9-5-4-6-10-17/h4-6,9-11,14,18H,7-8,12-13,15-16H2,1-3H3,(H,23,26). The predicted molar refractivity (Wildman–Crippen MR) is 105 cm³/mol. The van der Waals surface area contributed by atoms with Gasteiger partial charge in [-0.25, -0.2) is 4.98 Å². The van der Waals surface area contributed by atoms with Crippen molar-refractivity contribution in [3.63, 3.8) is 0 Å². The Morgan fingerprint density at radius 3 is 2.54 bits per heavy atom. The summed E-state index contributed by atoms with van der Waals surface area (Å²) < 4.78 is 1.92. The Morgan fingerprint density at radius 1 is 1.19 bits per heavy atom. The molecule has 1 aliphatic rings. The van der Waals surface area contributed by atoms with Crippen LogP contribution in [0.3, 0.4) is 0 Å². The van der Waals surface area contributed by atoms with Crippen LogP contribution in [0.5, 0.6) is 0 Å². The number of nitrogens with one attached hydrogen (secondary N) is 1. The van der Waals surface area contributed by atoms with Crippen LogP contribution in [0, 0.1) is 5.41 Å². The molecule has 0 aliphatic carbocycles. The molecular weight excluding hydrogens is 324 g/mol. The summed E-state index contributed by atoms with van der Waals surface area (Å²) in [5.74, 6) is 0.868. The summed E-state index contributed by atoms with van der Waals surface area (Å²) in [6, 6.07) is 10.1.